The lowest BCUT2D eigenvalue weighted by Crippen LogP contribution is -2.45. The SMILES string of the molecule is CC/C=C\C/C=C\C/C=C\C/C=C\C/C=C\C/C=C\C/C=C\C/C=C\C/C=C\CCCCCCCCCCCC(=O)NC(CO)C(O)/C=C/CCCCCCCCCCCCCCCCCCC. The molecule has 2 unspecified atom stereocenters. The lowest BCUT2D eigenvalue weighted by molar-refractivity contribution is -0.123. The summed E-state index contributed by atoms with van der Waals surface area (Å²) in [6.45, 7) is 4.20. The fraction of sp³-hybridized carbons (Fsp3) is 0.672. The number of hydrogen-bond donors (Lipinski definition) is 3. The molecule has 3 N–H and O–H groups in total. The van der Waals surface area contributed by atoms with Crippen LogP contribution in [0.1, 0.15) is 258 Å². The maximum absolute atomic E-state index is 12.5. The van der Waals surface area contributed by atoms with Gasteiger partial charge < -0.3 is 15.5 Å². The van der Waals surface area contributed by atoms with E-state index in [1.807, 2.05) is 6.08 Å². The van der Waals surface area contributed by atoms with Gasteiger partial charge in [0.2, 0.25) is 5.91 Å². The molecule has 0 heterocycles. The van der Waals surface area contributed by atoms with Crippen LogP contribution in [-0.4, -0.2) is 34.9 Å². The molecule has 4 nitrogen and oxygen atoms in total. The zero-order valence-corrected chi connectivity index (χ0v) is 44.6. The smallest absolute Gasteiger partial charge is 0.220 e. The third-order valence-corrected chi connectivity index (χ3v) is 12.5. The molecule has 0 aromatic rings. The Balaban J connectivity index is 3.61. The van der Waals surface area contributed by atoms with Gasteiger partial charge in [0, 0.05) is 6.42 Å². The number of aliphatic hydroxyl groups is 2. The van der Waals surface area contributed by atoms with Crippen molar-refractivity contribution in [1.29, 1.82) is 0 Å². The second-order valence-corrected chi connectivity index (χ2v) is 19.0. The van der Waals surface area contributed by atoms with E-state index in [4.69, 9.17) is 0 Å². The lowest BCUT2D eigenvalue weighted by Gasteiger charge is -2.20. The Labute approximate surface area is 422 Å². The van der Waals surface area contributed by atoms with E-state index < -0.39 is 12.1 Å². The summed E-state index contributed by atoms with van der Waals surface area (Å²) in [5.74, 6) is -0.0738. The fourth-order valence-electron chi connectivity index (χ4n) is 8.11. The van der Waals surface area contributed by atoms with Gasteiger partial charge in [-0.2, -0.15) is 0 Å². The summed E-state index contributed by atoms with van der Waals surface area (Å²) in [7, 11) is 0. The average Bonchev–Trinajstić information content (AvgIpc) is 3.34. The second kappa shape index (κ2) is 58.1. The van der Waals surface area contributed by atoms with E-state index in [0.717, 1.165) is 89.9 Å². The van der Waals surface area contributed by atoms with E-state index >= 15 is 0 Å². The maximum atomic E-state index is 12.5. The molecule has 0 aromatic heterocycles. The second-order valence-electron chi connectivity index (χ2n) is 19.0. The van der Waals surface area contributed by atoms with Gasteiger partial charge in [-0.05, 0) is 89.9 Å². The highest BCUT2D eigenvalue weighted by molar-refractivity contribution is 5.76. The molecular weight excluding hydrogens is 831 g/mol. The first-order chi connectivity index (χ1) is 33.7. The predicted octanol–water partition coefficient (Wildman–Crippen LogP) is 19.2. The van der Waals surface area contributed by atoms with Crippen LogP contribution in [0.4, 0.5) is 0 Å². The molecule has 0 aliphatic rings. The normalized spacial score (nSPS) is 13.8. The number of amides is 1. The summed E-state index contributed by atoms with van der Waals surface area (Å²) in [6, 6.07) is -0.634. The monoisotopic (exact) mass is 940 g/mol. The van der Waals surface area contributed by atoms with Crippen LogP contribution in [0.25, 0.3) is 0 Å². The number of hydrogen-bond acceptors (Lipinski definition) is 3. The Hall–Kier alpha value is -3.21. The maximum Gasteiger partial charge on any atom is 0.220 e. The Morgan fingerprint density at radius 1 is 0.368 bits per heavy atom. The Kier molecular flexibility index (Phi) is 55.4. The molecule has 0 saturated carbocycles. The third-order valence-electron chi connectivity index (χ3n) is 12.5. The minimum Gasteiger partial charge on any atom is -0.394 e. The van der Waals surface area contributed by atoms with E-state index in [2.05, 4.69) is 129 Å². The molecule has 0 aliphatic heterocycles. The molecule has 0 aliphatic carbocycles. The summed E-state index contributed by atoms with van der Waals surface area (Å²) in [5.41, 5.74) is 0. The van der Waals surface area contributed by atoms with Crippen LogP contribution in [0.5, 0.6) is 0 Å². The fourth-order valence-corrected chi connectivity index (χ4v) is 8.11. The molecule has 0 radical (unpaired) electrons. The summed E-state index contributed by atoms with van der Waals surface area (Å²) in [6.07, 6.45) is 89.2. The van der Waals surface area contributed by atoms with Gasteiger partial charge in [-0.15, -0.1) is 0 Å². The highest BCUT2D eigenvalue weighted by atomic mass is 16.3. The molecule has 0 fully saturated rings. The number of aliphatic hydroxyl groups excluding tert-OH is 2. The van der Waals surface area contributed by atoms with E-state index in [-0.39, 0.29) is 12.5 Å². The zero-order valence-electron chi connectivity index (χ0n) is 44.6. The minimum atomic E-state index is -0.850. The van der Waals surface area contributed by atoms with Gasteiger partial charge in [-0.25, -0.2) is 0 Å². The third kappa shape index (κ3) is 53.7. The van der Waals surface area contributed by atoms with Crippen LogP contribution < -0.4 is 5.32 Å². The van der Waals surface area contributed by atoms with Crippen LogP contribution in [0, 0.1) is 0 Å². The van der Waals surface area contributed by atoms with Crippen molar-refractivity contribution >= 4 is 5.91 Å². The summed E-state index contributed by atoms with van der Waals surface area (Å²) >= 11 is 0. The van der Waals surface area contributed by atoms with E-state index in [1.54, 1.807) is 6.08 Å². The number of unbranched alkanes of at least 4 members (excludes halogenated alkanes) is 26. The first-order valence-corrected chi connectivity index (χ1v) is 28.7. The molecule has 0 saturated heterocycles. The van der Waals surface area contributed by atoms with Gasteiger partial charge in [0.1, 0.15) is 0 Å². The van der Waals surface area contributed by atoms with Crippen molar-refractivity contribution in [3.8, 4) is 0 Å². The van der Waals surface area contributed by atoms with Crippen molar-refractivity contribution in [1.82, 2.24) is 5.32 Å². The van der Waals surface area contributed by atoms with Crippen molar-refractivity contribution in [2.24, 2.45) is 0 Å². The molecule has 0 bridgehead atoms. The van der Waals surface area contributed by atoms with Crippen molar-refractivity contribution in [3.05, 3.63) is 122 Å². The first-order valence-electron chi connectivity index (χ1n) is 28.7. The highest BCUT2D eigenvalue weighted by Crippen LogP contribution is 2.15. The molecule has 0 rings (SSSR count). The number of carbonyl (C=O) groups excluding carboxylic acids is 1. The number of nitrogens with one attached hydrogen (secondary N) is 1. The number of rotatable bonds is 51. The van der Waals surface area contributed by atoms with E-state index in [9.17, 15) is 15.0 Å². The van der Waals surface area contributed by atoms with Crippen molar-refractivity contribution in [3.63, 3.8) is 0 Å². The molecule has 1 amide bonds. The molecule has 0 aromatic carbocycles. The largest absolute Gasteiger partial charge is 0.394 e. The van der Waals surface area contributed by atoms with Crippen molar-refractivity contribution in [2.45, 2.75) is 270 Å². The molecule has 4 heteroatoms. The number of carbonyl (C=O) groups is 1. The van der Waals surface area contributed by atoms with Gasteiger partial charge in [-0.3, -0.25) is 4.79 Å². The zero-order chi connectivity index (χ0) is 49.2. The lowest BCUT2D eigenvalue weighted by atomic mass is 10.0. The van der Waals surface area contributed by atoms with Crippen LogP contribution in [0.15, 0.2) is 122 Å². The van der Waals surface area contributed by atoms with Gasteiger partial charge in [0.25, 0.3) is 0 Å². The summed E-state index contributed by atoms with van der Waals surface area (Å²) < 4.78 is 0. The Morgan fingerprint density at radius 2 is 0.647 bits per heavy atom. The van der Waals surface area contributed by atoms with E-state index in [0.29, 0.717) is 6.42 Å². The standard InChI is InChI=1S/C64H109NO3/c1-3-5-7-9-11-13-15-17-19-21-23-24-25-26-27-28-29-30-31-32-33-34-35-36-37-38-39-40-42-44-46-48-50-52-54-56-58-60-64(68)65-62(61-66)63(67)59-57-55-53-51-49-47-45-43-41-22-20-18-16-14-12-10-8-6-4-2/h5,7,11,13,17,19,23-24,26-27,29-30,32-33,35-36,38-39,57,59,62-63,66-67H,3-4,6,8-10,12,14-16,18,20-22,25,28,31,34,37,40-56,58,60-61H2,1-2H3,(H,65,68)/b7-5-,13-11-,19-17-,24-23-,27-26-,30-29-,33-32-,36-35-,39-38-,59-57+. The molecule has 2 atom stereocenters. The Morgan fingerprint density at radius 3 is 0.971 bits per heavy atom. The predicted molar refractivity (Wildman–Crippen MR) is 303 cm³/mol. The van der Waals surface area contributed by atoms with Crippen molar-refractivity contribution < 1.29 is 15.0 Å². The average molecular weight is 941 g/mol. The van der Waals surface area contributed by atoms with Gasteiger partial charge >= 0.3 is 0 Å². The van der Waals surface area contributed by atoms with Gasteiger partial charge in [0.15, 0.2) is 0 Å². The summed E-state index contributed by atoms with van der Waals surface area (Å²) in [5, 5.41) is 23.2. The molecule has 388 valence electrons. The highest BCUT2D eigenvalue weighted by Gasteiger charge is 2.18. The van der Waals surface area contributed by atoms with Crippen LogP contribution in [-0.2, 0) is 4.79 Å². The molecule has 68 heavy (non-hydrogen) atoms. The van der Waals surface area contributed by atoms with Crippen LogP contribution >= 0.6 is 0 Å². The Bertz CT molecular complexity index is 1340. The van der Waals surface area contributed by atoms with Crippen LogP contribution in [0.3, 0.4) is 0 Å². The van der Waals surface area contributed by atoms with Gasteiger partial charge in [0.05, 0.1) is 18.8 Å². The minimum absolute atomic E-state index is 0.0738. The first kappa shape index (κ1) is 64.8. The van der Waals surface area contributed by atoms with Gasteiger partial charge in [-0.1, -0.05) is 283 Å². The number of allylic oxidation sites excluding steroid dienone is 19. The molecular formula is C64H109NO3. The van der Waals surface area contributed by atoms with Crippen molar-refractivity contribution in [2.75, 3.05) is 6.61 Å². The topological polar surface area (TPSA) is 69.6 Å². The quantitative estimate of drug-likeness (QED) is 0.0420. The summed E-state index contributed by atoms with van der Waals surface area (Å²) in [4.78, 5) is 12.5. The van der Waals surface area contributed by atoms with E-state index in [1.165, 1.54) is 148 Å². The van der Waals surface area contributed by atoms with Crippen LogP contribution in [0.2, 0.25) is 0 Å². The molecule has 0 spiro atoms.